The summed E-state index contributed by atoms with van der Waals surface area (Å²) in [5.74, 6) is -0.0907. The van der Waals surface area contributed by atoms with Crippen molar-refractivity contribution in [3.8, 4) is 5.75 Å². The zero-order chi connectivity index (χ0) is 13.1. The summed E-state index contributed by atoms with van der Waals surface area (Å²) >= 11 is 0. The summed E-state index contributed by atoms with van der Waals surface area (Å²) in [6.45, 7) is 3.72. The Morgan fingerprint density at radius 2 is 1.78 bits per heavy atom. The summed E-state index contributed by atoms with van der Waals surface area (Å²) in [4.78, 5) is 12.0. The Bertz CT molecular complexity index is 591. The minimum absolute atomic E-state index is 0.132. The molecule has 0 radical (unpaired) electrons. The number of amides is 1. The molecule has 3 heteroatoms. The van der Waals surface area contributed by atoms with Gasteiger partial charge in [-0.1, -0.05) is 24.3 Å². The number of aromatic hydroxyl groups is 1. The molecular formula is C15H15NO2. The number of nitrogens with one attached hydrogen (secondary N) is 1. The highest BCUT2D eigenvalue weighted by Gasteiger charge is 2.08. The highest BCUT2D eigenvalue weighted by Crippen LogP contribution is 2.19. The van der Waals surface area contributed by atoms with Gasteiger partial charge >= 0.3 is 0 Å². The fraction of sp³-hybridized carbons (Fsp3) is 0.133. The third-order valence-electron chi connectivity index (χ3n) is 2.86. The van der Waals surface area contributed by atoms with Gasteiger partial charge in [0.25, 0.3) is 5.91 Å². The minimum atomic E-state index is -0.223. The first-order chi connectivity index (χ1) is 8.58. The highest BCUT2D eigenvalue weighted by atomic mass is 16.3. The van der Waals surface area contributed by atoms with Crippen LogP contribution in [0.1, 0.15) is 21.5 Å². The molecular weight excluding hydrogens is 226 g/mol. The molecule has 0 atom stereocenters. The lowest BCUT2D eigenvalue weighted by molar-refractivity contribution is 0.102. The molecule has 2 rings (SSSR count). The van der Waals surface area contributed by atoms with Gasteiger partial charge in [-0.3, -0.25) is 4.79 Å². The summed E-state index contributed by atoms with van der Waals surface area (Å²) in [7, 11) is 0. The van der Waals surface area contributed by atoms with Gasteiger partial charge in [-0.2, -0.15) is 0 Å². The molecule has 0 fully saturated rings. The Labute approximate surface area is 106 Å². The van der Waals surface area contributed by atoms with Crippen molar-refractivity contribution in [2.24, 2.45) is 0 Å². The fourth-order valence-electron chi connectivity index (χ4n) is 1.66. The van der Waals surface area contributed by atoms with Crippen molar-refractivity contribution in [3.05, 3.63) is 59.2 Å². The lowest BCUT2D eigenvalue weighted by Gasteiger charge is -2.08. The van der Waals surface area contributed by atoms with Gasteiger partial charge < -0.3 is 10.4 Å². The molecule has 2 N–H and O–H groups in total. The molecule has 92 valence electrons. The molecule has 0 aliphatic heterocycles. The second-order valence-electron chi connectivity index (χ2n) is 4.27. The smallest absolute Gasteiger partial charge is 0.255 e. The first-order valence-corrected chi connectivity index (χ1v) is 5.74. The number of benzene rings is 2. The molecule has 0 aromatic heterocycles. The van der Waals surface area contributed by atoms with Crippen LogP contribution in [0.2, 0.25) is 0 Å². The number of phenolic OH excluding ortho intramolecular Hbond substituents is 1. The number of carbonyl (C=O) groups is 1. The van der Waals surface area contributed by atoms with E-state index in [1.807, 2.05) is 31.2 Å². The van der Waals surface area contributed by atoms with E-state index in [0.29, 0.717) is 5.56 Å². The number of anilines is 1. The number of carbonyl (C=O) groups excluding carboxylic acids is 1. The largest absolute Gasteiger partial charge is 0.508 e. The molecule has 0 saturated carbocycles. The van der Waals surface area contributed by atoms with Gasteiger partial charge in [0.1, 0.15) is 5.75 Å². The third-order valence-corrected chi connectivity index (χ3v) is 2.86. The van der Waals surface area contributed by atoms with E-state index in [9.17, 15) is 9.90 Å². The molecule has 0 unspecified atom stereocenters. The van der Waals surface area contributed by atoms with Crippen LogP contribution in [-0.2, 0) is 0 Å². The molecule has 0 heterocycles. The van der Waals surface area contributed by atoms with E-state index in [0.717, 1.165) is 16.8 Å². The van der Waals surface area contributed by atoms with Crippen molar-refractivity contribution in [2.45, 2.75) is 13.8 Å². The Morgan fingerprint density at radius 1 is 1.06 bits per heavy atom. The summed E-state index contributed by atoms with van der Waals surface area (Å²) in [6, 6.07) is 12.5. The molecule has 0 aliphatic rings. The van der Waals surface area contributed by atoms with Crippen LogP contribution in [-0.4, -0.2) is 11.0 Å². The average molecular weight is 241 g/mol. The predicted molar refractivity (Wildman–Crippen MR) is 72.0 cm³/mol. The fourth-order valence-corrected chi connectivity index (χ4v) is 1.66. The zero-order valence-electron chi connectivity index (χ0n) is 10.4. The van der Waals surface area contributed by atoms with Crippen molar-refractivity contribution in [2.75, 3.05) is 5.32 Å². The van der Waals surface area contributed by atoms with Crippen LogP contribution in [0.3, 0.4) is 0 Å². The maximum Gasteiger partial charge on any atom is 0.255 e. The molecule has 1 amide bonds. The van der Waals surface area contributed by atoms with Crippen molar-refractivity contribution in [1.82, 2.24) is 0 Å². The quantitative estimate of drug-likeness (QED) is 0.847. The maximum absolute atomic E-state index is 12.0. The van der Waals surface area contributed by atoms with E-state index in [4.69, 9.17) is 0 Å². The Morgan fingerprint density at radius 3 is 2.44 bits per heavy atom. The summed E-state index contributed by atoms with van der Waals surface area (Å²) in [6.07, 6.45) is 0. The molecule has 18 heavy (non-hydrogen) atoms. The first kappa shape index (κ1) is 12.2. The molecule has 0 aliphatic carbocycles. The van der Waals surface area contributed by atoms with Crippen LogP contribution >= 0.6 is 0 Å². The van der Waals surface area contributed by atoms with E-state index in [2.05, 4.69) is 5.32 Å². The van der Waals surface area contributed by atoms with Gasteiger partial charge in [0, 0.05) is 11.3 Å². The van der Waals surface area contributed by atoms with Crippen molar-refractivity contribution in [3.63, 3.8) is 0 Å². The minimum Gasteiger partial charge on any atom is -0.508 e. The molecule has 2 aromatic carbocycles. The maximum atomic E-state index is 12.0. The van der Waals surface area contributed by atoms with Gasteiger partial charge in [-0.05, 0) is 43.2 Å². The van der Waals surface area contributed by atoms with Gasteiger partial charge in [0.15, 0.2) is 0 Å². The lowest BCUT2D eigenvalue weighted by atomic mass is 10.1. The van der Waals surface area contributed by atoms with Gasteiger partial charge in [-0.25, -0.2) is 0 Å². The standard InChI is InChI=1S/C15H15NO2/c1-10-5-3-4-6-13(10)16-15(18)12-8-7-11(2)14(17)9-12/h3-9,17H,1-2H3,(H,16,18). The van der Waals surface area contributed by atoms with Crippen LogP contribution < -0.4 is 5.32 Å². The number of para-hydroxylation sites is 1. The number of hydrogen-bond donors (Lipinski definition) is 2. The number of phenols is 1. The van der Waals surface area contributed by atoms with E-state index < -0.39 is 0 Å². The normalized spacial score (nSPS) is 10.1. The molecule has 3 nitrogen and oxygen atoms in total. The zero-order valence-corrected chi connectivity index (χ0v) is 10.4. The molecule has 0 bridgehead atoms. The predicted octanol–water partition coefficient (Wildman–Crippen LogP) is 3.26. The lowest BCUT2D eigenvalue weighted by Crippen LogP contribution is -2.12. The van der Waals surface area contributed by atoms with E-state index in [1.54, 1.807) is 19.1 Å². The summed E-state index contributed by atoms with van der Waals surface area (Å²) in [5, 5.41) is 12.4. The topological polar surface area (TPSA) is 49.3 Å². The van der Waals surface area contributed by atoms with Crippen LogP contribution in [0.25, 0.3) is 0 Å². The van der Waals surface area contributed by atoms with Gasteiger partial charge in [0.05, 0.1) is 0 Å². The van der Waals surface area contributed by atoms with E-state index in [-0.39, 0.29) is 11.7 Å². The Kier molecular flexibility index (Phi) is 3.33. The van der Waals surface area contributed by atoms with Crippen molar-refractivity contribution in [1.29, 1.82) is 0 Å². The first-order valence-electron chi connectivity index (χ1n) is 5.74. The average Bonchev–Trinajstić information content (AvgIpc) is 2.35. The van der Waals surface area contributed by atoms with Crippen LogP contribution in [0.4, 0.5) is 5.69 Å². The number of rotatable bonds is 2. The van der Waals surface area contributed by atoms with Crippen molar-refractivity contribution >= 4 is 11.6 Å². The Hall–Kier alpha value is -2.29. The third kappa shape index (κ3) is 2.51. The number of aryl methyl sites for hydroxylation is 2. The van der Waals surface area contributed by atoms with Crippen LogP contribution in [0.5, 0.6) is 5.75 Å². The van der Waals surface area contributed by atoms with Crippen LogP contribution in [0.15, 0.2) is 42.5 Å². The summed E-state index contributed by atoms with van der Waals surface area (Å²) < 4.78 is 0. The molecule has 0 spiro atoms. The van der Waals surface area contributed by atoms with Gasteiger partial charge in [0.2, 0.25) is 0 Å². The highest BCUT2D eigenvalue weighted by molar-refractivity contribution is 6.04. The Balaban J connectivity index is 2.22. The molecule has 0 saturated heterocycles. The molecule has 2 aromatic rings. The second-order valence-corrected chi connectivity index (χ2v) is 4.27. The van der Waals surface area contributed by atoms with Gasteiger partial charge in [-0.15, -0.1) is 0 Å². The van der Waals surface area contributed by atoms with E-state index >= 15 is 0 Å². The summed E-state index contributed by atoms with van der Waals surface area (Å²) in [5.41, 5.74) is 2.98. The number of hydrogen-bond acceptors (Lipinski definition) is 2. The monoisotopic (exact) mass is 241 g/mol. The van der Waals surface area contributed by atoms with Crippen LogP contribution in [0, 0.1) is 13.8 Å². The van der Waals surface area contributed by atoms with Crippen molar-refractivity contribution < 1.29 is 9.90 Å². The van der Waals surface area contributed by atoms with E-state index in [1.165, 1.54) is 6.07 Å². The SMILES string of the molecule is Cc1ccc(C(=O)Nc2ccccc2C)cc1O. The second kappa shape index (κ2) is 4.92.